The first kappa shape index (κ1) is 20.5. The van der Waals surface area contributed by atoms with Gasteiger partial charge in [-0.2, -0.15) is 5.26 Å². The Labute approximate surface area is 162 Å². The van der Waals surface area contributed by atoms with Gasteiger partial charge in [-0.1, -0.05) is 18.2 Å². The predicted octanol–water partition coefficient (Wildman–Crippen LogP) is 2.69. The van der Waals surface area contributed by atoms with Crippen LogP contribution in [-0.4, -0.2) is 25.6 Å². The largest absolute Gasteiger partial charge is 0.493 e. The quantitative estimate of drug-likeness (QED) is 0.342. The van der Waals surface area contributed by atoms with Gasteiger partial charge in [0.15, 0.2) is 18.1 Å². The Balaban J connectivity index is 2.11. The number of nitriles is 1. The van der Waals surface area contributed by atoms with Crippen LogP contribution in [0.15, 0.2) is 42.0 Å². The van der Waals surface area contributed by atoms with Gasteiger partial charge >= 0.3 is 5.97 Å². The maximum atomic E-state index is 12.1. The molecule has 0 aromatic heterocycles. The number of hydrogen-bond acceptors (Lipinski definition) is 6. The van der Waals surface area contributed by atoms with Crippen LogP contribution in [0.4, 0.5) is 0 Å². The fourth-order valence-electron chi connectivity index (χ4n) is 2.35. The molecule has 2 aromatic carbocycles. The summed E-state index contributed by atoms with van der Waals surface area (Å²) in [4.78, 5) is 23.3. The van der Waals surface area contributed by atoms with E-state index in [-0.39, 0.29) is 23.7 Å². The minimum atomic E-state index is -0.833. The van der Waals surface area contributed by atoms with Gasteiger partial charge in [-0.15, -0.1) is 0 Å². The average molecular weight is 380 g/mol. The maximum absolute atomic E-state index is 12.1. The summed E-state index contributed by atoms with van der Waals surface area (Å²) in [6.07, 6.45) is 1.32. The van der Waals surface area contributed by atoms with E-state index in [1.165, 1.54) is 25.3 Å². The number of carbonyl (C=O) groups excluding carboxylic acids is 2. The minimum Gasteiger partial charge on any atom is -0.493 e. The average Bonchev–Trinajstić information content (AvgIpc) is 2.67. The number of benzene rings is 2. The van der Waals surface area contributed by atoms with Crippen molar-refractivity contribution in [2.45, 2.75) is 13.8 Å². The van der Waals surface area contributed by atoms with Crippen molar-refractivity contribution in [2.24, 2.45) is 5.73 Å². The molecule has 2 aromatic rings. The second kappa shape index (κ2) is 9.24. The van der Waals surface area contributed by atoms with Crippen LogP contribution < -0.4 is 19.9 Å². The topological polar surface area (TPSA) is 112 Å². The van der Waals surface area contributed by atoms with E-state index < -0.39 is 11.9 Å². The van der Waals surface area contributed by atoms with Crippen molar-refractivity contribution in [2.75, 3.05) is 13.7 Å². The minimum absolute atomic E-state index is 0.187. The summed E-state index contributed by atoms with van der Waals surface area (Å²) >= 11 is 0. The third-order valence-electron chi connectivity index (χ3n) is 4.01. The Bertz CT molecular complexity index is 973. The molecule has 0 fully saturated rings. The molecule has 0 radical (unpaired) electrons. The summed E-state index contributed by atoms with van der Waals surface area (Å²) in [6.45, 7) is 3.60. The van der Waals surface area contributed by atoms with E-state index in [4.69, 9.17) is 25.2 Å². The van der Waals surface area contributed by atoms with E-state index >= 15 is 0 Å². The van der Waals surface area contributed by atoms with E-state index in [1.54, 1.807) is 18.2 Å². The molecule has 0 bridgehead atoms. The van der Waals surface area contributed by atoms with E-state index in [0.717, 1.165) is 11.1 Å². The lowest BCUT2D eigenvalue weighted by molar-refractivity contribution is -0.136. The molecule has 0 unspecified atom stereocenters. The standard InChI is InChI=1S/C21H20N2O5/c1-13-5-4-6-17(14(13)2)27-12-20(24)28-18-8-7-15(10-19(18)26-3)9-16(11-22)21(23)25/h4-10H,12H2,1-3H3,(H2,23,25)/b16-9+. The zero-order valence-corrected chi connectivity index (χ0v) is 15.8. The summed E-state index contributed by atoms with van der Waals surface area (Å²) in [5.41, 5.74) is 7.43. The molecule has 1 amide bonds. The molecular weight excluding hydrogens is 360 g/mol. The summed E-state index contributed by atoms with van der Waals surface area (Å²) in [5, 5.41) is 8.91. The number of primary amides is 1. The number of hydrogen-bond donors (Lipinski definition) is 1. The van der Waals surface area contributed by atoms with Gasteiger partial charge in [-0.05, 0) is 54.8 Å². The van der Waals surface area contributed by atoms with Crippen LogP contribution in [0, 0.1) is 25.2 Å². The van der Waals surface area contributed by atoms with E-state index in [1.807, 2.05) is 26.0 Å². The van der Waals surface area contributed by atoms with Gasteiger partial charge in [-0.25, -0.2) is 4.79 Å². The Kier molecular flexibility index (Phi) is 6.77. The first-order valence-corrected chi connectivity index (χ1v) is 8.35. The smallest absolute Gasteiger partial charge is 0.349 e. The number of methoxy groups -OCH3 is 1. The van der Waals surface area contributed by atoms with Crippen molar-refractivity contribution < 1.29 is 23.8 Å². The molecule has 0 aliphatic rings. The highest BCUT2D eigenvalue weighted by molar-refractivity contribution is 6.00. The molecule has 2 rings (SSSR count). The highest BCUT2D eigenvalue weighted by Gasteiger charge is 2.13. The number of esters is 1. The number of aryl methyl sites for hydroxylation is 1. The molecule has 0 spiro atoms. The third-order valence-corrected chi connectivity index (χ3v) is 4.01. The predicted molar refractivity (Wildman–Crippen MR) is 103 cm³/mol. The lowest BCUT2D eigenvalue weighted by Gasteiger charge is -2.12. The Morgan fingerprint density at radius 2 is 1.89 bits per heavy atom. The van der Waals surface area contributed by atoms with Crippen LogP contribution in [0.5, 0.6) is 17.2 Å². The molecule has 0 atom stereocenters. The normalized spacial score (nSPS) is 10.7. The van der Waals surface area contributed by atoms with Gasteiger partial charge in [0, 0.05) is 0 Å². The van der Waals surface area contributed by atoms with E-state index in [2.05, 4.69) is 0 Å². The molecule has 144 valence electrons. The highest BCUT2D eigenvalue weighted by atomic mass is 16.6. The first-order chi connectivity index (χ1) is 13.3. The van der Waals surface area contributed by atoms with Crippen LogP contribution in [0.2, 0.25) is 0 Å². The number of nitrogens with zero attached hydrogens (tertiary/aromatic N) is 1. The van der Waals surface area contributed by atoms with Crippen LogP contribution in [0.25, 0.3) is 6.08 Å². The highest BCUT2D eigenvalue weighted by Crippen LogP contribution is 2.29. The summed E-state index contributed by atoms with van der Waals surface area (Å²) in [6, 6.07) is 11.9. The molecule has 0 aliphatic carbocycles. The van der Waals surface area contributed by atoms with Crippen LogP contribution in [-0.2, 0) is 9.59 Å². The van der Waals surface area contributed by atoms with E-state index in [9.17, 15) is 9.59 Å². The van der Waals surface area contributed by atoms with Crippen molar-refractivity contribution in [3.8, 4) is 23.3 Å². The molecular formula is C21H20N2O5. The van der Waals surface area contributed by atoms with Gasteiger partial charge in [0.25, 0.3) is 5.91 Å². The Morgan fingerprint density at radius 3 is 2.54 bits per heavy atom. The second-order valence-electron chi connectivity index (χ2n) is 5.91. The molecule has 7 nitrogen and oxygen atoms in total. The number of ether oxygens (including phenoxy) is 3. The monoisotopic (exact) mass is 380 g/mol. The van der Waals surface area contributed by atoms with Gasteiger partial charge in [-0.3, -0.25) is 4.79 Å². The molecule has 0 aliphatic heterocycles. The lowest BCUT2D eigenvalue weighted by atomic mass is 10.1. The summed E-state index contributed by atoms with van der Waals surface area (Å²) < 4.78 is 16.0. The van der Waals surface area contributed by atoms with Crippen molar-refractivity contribution >= 4 is 18.0 Å². The van der Waals surface area contributed by atoms with Crippen molar-refractivity contribution in [1.82, 2.24) is 0 Å². The van der Waals surface area contributed by atoms with Crippen LogP contribution in [0.3, 0.4) is 0 Å². The zero-order valence-electron chi connectivity index (χ0n) is 15.8. The van der Waals surface area contributed by atoms with Crippen molar-refractivity contribution in [3.05, 3.63) is 58.7 Å². The number of amides is 1. The van der Waals surface area contributed by atoms with Crippen molar-refractivity contribution in [3.63, 3.8) is 0 Å². The van der Waals surface area contributed by atoms with Crippen LogP contribution >= 0.6 is 0 Å². The first-order valence-electron chi connectivity index (χ1n) is 8.35. The number of rotatable bonds is 7. The fourth-order valence-corrected chi connectivity index (χ4v) is 2.35. The third kappa shape index (κ3) is 5.11. The summed E-state index contributed by atoms with van der Waals surface area (Å²) in [5.74, 6) is -0.375. The molecule has 2 N–H and O–H groups in total. The molecule has 0 heterocycles. The van der Waals surface area contributed by atoms with Gasteiger partial charge in [0.05, 0.1) is 7.11 Å². The van der Waals surface area contributed by atoms with Gasteiger partial charge in [0.2, 0.25) is 0 Å². The molecule has 28 heavy (non-hydrogen) atoms. The number of carbonyl (C=O) groups is 2. The fraction of sp³-hybridized carbons (Fsp3) is 0.190. The van der Waals surface area contributed by atoms with Gasteiger partial charge in [0.1, 0.15) is 17.4 Å². The lowest BCUT2D eigenvalue weighted by Crippen LogP contribution is -2.18. The Hall–Kier alpha value is -3.79. The molecule has 0 saturated heterocycles. The molecule has 0 saturated carbocycles. The zero-order chi connectivity index (χ0) is 20.7. The van der Waals surface area contributed by atoms with E-state index in [0.29, 0.717) is 11.3 Å². The van der Waals surface area contributed by atoms with Crippen LogP contribution in [0.1, 0.15) is 16.7 Å². The van der Waals surface area contributed by atoms with Crippen molar-refractivity contribution in [1.29, 1.82) is 5.26 Å². The van der Waals surface area contributed by atoms with Gasteiger partial charge < -0.3 is 19.9 Å². The SMILES string of the molecule is COc1cc(/C=C(\C#N)C(N)=O)ccc1OC(=O)COc1cccc(C)c1C. The second-order valence-corrected chi connectivity index (χ2v) is 5.91. The summed E-state index contributed by atoms with van der Waals surface area (Å²) in [7, 11) is 1.41. The molecule has 7 heteroatoms. The Morgan fingerprint density at radius 1 is 1.14 bits per heavy atom. The maximum Gasteiger partial charge on any atom is 0.349 e. The number of nitrogens with two attached hydrogens (primary N) is 1.